The summed E-state index contributed by atoms with van der Waals surface area (Å²) in [6.45, 7) is 16.6. The zero-order valence-electron chi connectivity index (χ0n) is 18.1. The van der Waals surface area contributed by atoms with E-state index in [-0.39, 0.29) is 12.0 Å². The summed E-state index contributed by atoms with van der Waals surface area (Å²) in [5.74, 6) is 0. The lowest BCUT2D eigenvalue weighted by molar-refractivity contribution is 0.0339. The average Bonchev–Trinajstić information content (AvgIpc) is 3.13. The van der Waals surface area contributed by atoms with Crippen LogP contribution >= 0.6 is 0 Å². The van der Waals surface area contributed by atoms with Gasteiger partial charge in [-0.25, -0.2) is 4.68 Å². The predicted molar refractivity (Wildman–Crippen MR) is 115 cm³/mol. The number of benzene rings is 1. The van der Waals surface area contributed by atoms with Gasteiger partial charge in [-0.1, -0.05) is 26.8 Å². The Morgan fingerprint density at radius 2 is 1.96 bits per heavy atom. The van der Waals surface area contributed by atoms with Gasteiger partial charge in [0.15, 0.2) is 0 Å². The molecule has 0 bridgehead atoms. The number of piperazine rings is 1. The Morgan fingerprint density at radius 3 is 2.61 bits per heavy atom. The van der Waals surface area contributed by atoms with Crippen LogP contribution in [0.25, 0.3) is 5.69 Å². The van der Waals surface area contributed by atoms with Crippen LogP contribution in [0.5, 0.6) is 0 Å². The second-order valence-corrected chi connectivity index (χ2v) is 9.46. The smallest absolute Gasteiger partial charge is 0.0695 e. The van der Waals surface area contributed by atoms with Crippen LogP contribution in [0.3, 0.4) is 0 Å². The largest absolute Gasteiger partial charge is 0.396 e. The van der Waals surface area contributed by atoms with Crippen molar-refractivity contribution in [3.05, 3.63) is 47.3 Å². The van der Waals surface area contributed by atoms with Crippen molar-refractivity contribution in [2.45, 2.75) is 53.6 Å². The van der Waals surface area contributed by atoms with E-state index < -0.39 is 0 Å². The molecule has 3 rings (SSSR count). The molecule has 1 aromatic carbocycles. The van der Waals surface area contributed by atoms with Gasteiger partial charge in [0.2, 0.25) is 0 Å². The van der Waals surface area contributed by atoms with Gasteiger partial charge in [0.05, 0.1) is 5.69 Å². The molecule has 1 aliphatic heterocycles. The molecule has 28 heavy (non-hydrogen) atoms. The number of hydrogen-bond donors (Lipinski definition) is 1. The van der Waals surface area contributed by atoms with Gasteiger partial charge >= 0.3 is 0 Å². The highest BCUT2D eigenvalue weighted by Crippen LogP contribution is 2.26. The third-order valence-corrected chi connectivity index (χ3v) is 5.56. The fraction of sp³-hybridized carbons (Fsp3) is 0.609. The summed E-state index contributed by atoms with van der Waals surface area (Å²) >= 11 is 0. The molecule has 5 heteroatoms. The van der Waals surface area contributed by atoms with E-state index in [1.165, 1.54) is 22.4 Å². The second-order valence-electron chi connectivity index (χ2n) is 9.46. The van der Waals surface area contributed by atoms with Gasteiger partial charge in [-0.3, -0.25) is 9.80 Å². The maximum absolute atomic E-state index is 9.60. The summed E-state index contributed by atoms with van der Waals surface area (Å²) in [7, 11) is 0. The molecular formula is C23H36N4O. The van der Waals surface area contributed by atoms with Crippen LogP contribution in [0, 0.1) is 19.3 Å². The topological polar surface area (TPSA) is 44.5 Å². The molecule has 0 radical (unpaired) electrons. The van der Waals surface area contributed by atoms with Crippen LogP contribution in [-0.4, -0.2) is 63.5 Å². The van der Waals surface area contributed by atoms with Crippen molar-refractivity contribution in [2.75, 3.05) is 32.8 Å². The van der Waals surface area contributed by atoms with Crippen molar-refractivity contribution in [3.63, 3.8) is 0 Å². The summed E-state index contributed by atoms with van der Waals surface area (Å²) in [5, 5.41) is 14.1. The Balaban J connectivity index is 1.79. The van der Waals surface area contributed by atoms with Crippen molar-refractivity contribution in [2.24, 2.45) is 5.41 Å². The van der Waals surface area contributed by atoms with Crippen molar-refractivity contribution in [3.8, 4) is 5.69 Å². The van der Waals surface area contributed by atoms with E-state index in [1.54, 1.807) is 0 Å². The summed E-state index contributed by atoms with van der Waals surface area (Å²) in [4.78, 5) is 5.12. The molecule has 0 unspecified atom stereocenters. The van der Waals surface area contributed by atoms with Gasteiger partial charge in [-0.2, -0.15) is 5.10 Å². The molecule has 0 spiro atoms. The quantitative estimate of drug-likeness (QED) is 0.829. The molecule has 0 aliphatic carbocycles. The third-order valence-electron chi connectivity index (χ3n) is 5.56. The van der Waals surface area contributed by atoms with E-state index in [1.807, 2.05) is 23.1 Å². The number of aliphatic hydroxyl groups is 1. The maximum atomic E-state index is 9.60. The average molecular weight is 385 g/mol. The third kappa shape index (κ3) is 5.22. The van der Waals surface area contributed by atoms with E-state index in [0.29, 0.717) is 6.04 Å². The first-order valence-electron chi connectivity index (χ1n) is 10.4. The number of aliphatic hydroxyl groups excluding tert-OH is 1. The van der Waals surface area contributed by atoms with Crippen LogP contribution in [0.4, 0.5) is 0 Å². The summed E-state index contributed by atoms with van der Waals surface area (Å²) in [6, 6.07) is 6.89. The fourth-order valence-electron chi connectivity index (χ4n) is 4.36. The minimum Gasteiger partial charge on any atom is -0.396 e. The molecule has 1 aliphatic rings. The highest BCUT2D eigenvalue weighted by molar-refractivity contribution is 5.48. The monoisotopic (exact) mass is 384 g/mol. The molecule has 5 nitrogen and oxygen atoms in total. The molecule has 1 fully saturated rings. The minimum absolute atomic E-state index is 0.251. The number of rotatable bonds is 6. The predicted octanol–water partition coefficient (Wildman–Crippen LogP) is 3.40. The van der Waals surface area contributed by atoms with Crippen LogP contribution in [0.2, 0.25) is 0 Å². The normalized spacial score (nSPS) is 19.3. The Kier molecular flexibility index (Phi) is 6.58. The zero-order chi connectivity index (χ0) is 20.3. The van der Waals surface area contributed by atoms with Crippen molar-refractivity contribution in [1.82, 2.24) is 19.6 Å². The lowest BCUT2D eigenvalue weighted by Gasteiger charge is -2.44. The standard InChI is InChI=1S/C23H36N4O/c1-18-13-19(2)21(22(14-18)27-9-6-8-24-27)16-25-10-11-26(17-23(3,4)5)20(15-25)7-12-28/h6,8-9,13-14,20,28H,7,10-12,15-17H2,1-5H3/t20-/m0/s1. The van der Waals surface area contributed by atoms with E-state index in [4.69, 9.17) is 0 Å². The molecule has 1 atom stereocenters. The molecule has 154 valence electrons. The highest BCUT2D eigenvalue weighted by Gasteiger charge is 2.30. The van der Waals surface area contributed by atoms with E-state index in [9.17, 15) is 5.11 Å². The lowest BCUT2D eigenvalue weighted by atomic mass is 9.94. The van der Waals surface area contributed by atoms with Crippen molar-refractivity contribution < 1.29 is 5.11 Å². The Morgan fingerprint density at radius 1 is 1.18 bits per heavy atom. The van der Waals surface area contributed by atoms with Gasteiger partial charge < -0.3 is 5.11 Å². The fourth-order valence-corrected chi connectivity index (χ4v) is 4.36. The SMILES string of the molecule is Cc1cc(C)c(CN2CCN(CC(C)(C)C)[C@@H](CCO)C2)c(-n2cccn2)c1. The van der Waals surface area contributed by atoms with Gasteiger partial charge in [0.25, 0.3) is 0 Å². The Labute approximate surface area is 170 Å². The molecule has 1 saturated heterocycles. The van der Waals surface area contributed by atoms with Crippen LogP contribution < -0.4 is 0 Å². The maximum Gasteiger partial charge on any atom is 0.0695 e. The molecule has 0 saturated carbocycles. The molecular weight excluding hydrogens is 348 g/mol. The Bertz CT molecular complexity index is 764. The first-order valence-corrected chi connectivity index (χ1v) is 10.4. The molecule has 2 aromatic rings. The number of nitrogens with zero attached hydrogens (tertiary/aromatic N) is 4. The number of aryl methyl sites for hydroxylation is 2. The summed E-state index contributed by atoms with van der Waals surface area (Å²) in [5.41, 5.74) is 5.39. The van der Waals surface area contributed by atoms with E-state index in [0.717, 1.165) is 39.1 Å². The van der Waals surface area contributed by atoms with Gasteiger partial charge in [0, 0.05) is 57.8 Å². The van der Waals surface area contributed by atoms with E-state index >= 15 is 0 Å². The first kappa shape index (κ1) is 21.0. The zero-order valence-corrected chi connectivity index (χ0v) is 18.1. The molecule has 2 heterocycles. The number of hydrogen-bond acceptors (Lipinski definition) is 4. The Hall–Kier alpha value is -1.69. The van der Waals surface area contributed by atoms with Gasteiger partial charge in [0.1, 0.15) is 0 Å². The van der Waals surface area contributed by atoms with Crippen LogP contribution in [-0.2, 0) is 6.54 Å². The lowest BCUT2D eigenvalue weighted by Crippen LogP contribution is -2.55. The first-order chi connectivity index (χ1) is 13.3. The van der Waals surface area contributed by atoms with Crippen LogP contribution in [0.1, 0.15) is 43.9 Å². The molecule has 1 N–H and O–H groups in total. The van der Waals surface area contributed by atoms with E-state index in [2.05, 4.69) is 61.6 Å². The molecule has 1 aromatic heterocycles. The summed E-state index contributed by atoms with van der Waals surface area (Å²) < 4.78 is 1.98. The van der Waals surface area contributed by atoms with Crippen LogP contribution in [0.15, 0.2) is 30.6 Å². The van der Waals surface area contributed by atoms with Crippen molar-refractivity contribution >= 4 is 0 Å². The van der Waals surface area contributed by atoms with Gasteiger partial charge in [-0.15, -0.1) is 0 Å². The highest BCUT2D eigenvalue weighted by atomic mass is 16.3. The van der Waals surface area contributed by atoms with Gasteiger partial charge in [-0.05, 0) is 54.5 Å². The summed E-state index contributed by atoms with van der Waals surface area (Å²) in [6.07, 6.45) is 4.70. The van der Waals surface area contributed by atoms with Crippen molar-refractivity contribution in [1.29, 1.82) is 0 Å². The molecule has 0 amide bonds. The number of aromatic nitrogens is 2. The second kappa shape index (κ2) is 8.76. The minimum atomic E-state index is 0.251.